The molecule has 0 bridgehead atoms. The van der Waals surface area contributed by atoms with E-state index in [4.69, 9.17) is 5.11 Å². The van der Waals surface area contributed by atoms with Crippen LogP contribution in [0.3, 0.4) is 0 Å². The van der Waals surface area contributed by atoms with Crippen molar-refractivity contribution in [1.82, 2.24) is 9.97 Å². The van der Waals surface area contributed by atoms with Gasteiger partial charge < -0.3 is 9.67 Å². The summed E-state index contributed by atoms with van der Waals surface area (Å²) in [6.07, 6.45) is 1.51. The lowest BCUT2D eigenvalue weighted by Crippen LogP contribution is -2.14. The third kappa shape index (κ3) is 2.13. The molecule has 12 heavy (non-hydrogen) atoms. The Morgan fingerprint density at radius 1 is 1.58 bits per heavy atom. The Kier molecular flexibility index (Phi) is 2.60. The predicted octanol–water partition coefficient (Wildman–Crippen LogP) is 0.217. The average molecular weight is 186 g/mol. The van der Waals surface area contributed by atoms with Crippen molar-refractivity contribution in [3.05, 3.63) is 18.0 Å². The Labute approximate surface area is 71.0 Å². The van der Waals surface area contributed by atoms with E-state index in [1.165, 1.54) is 6.20 Å². The van der Waals surface area contributed by atoms with Gasteiger partial charge in [-0.15, -0.1) is 0 Å². The fourth-order valence-corrected chi connectivity index (χ4v) is 1.45. The first-order valence-corrected chi connectivity index (χ1v) is 6.12. The van der Waals surface area contributed by atoms with Crippen LogP contribution in [0.25, 0.3) is 0 Å². The lowest BCUT2D eigenvalue weighted by molar-refractivity contribution is 0.277. The minimum Gasteiger partial charge on any atom is -0.390 e. The van der Waals surface area contributed by atoms with Crippen molar-refractivity contribution in [2.45, 2.75) is 6.61 Å². The minimum absolute atomic E-state index is 0.143. The molecule has 0 aliphatic carbocycles. The lowest BCUT2D eigenvalue weighted by Gasteiger charge is -2.04. The summed E-state index contributed by atoms with van der Waals surface area (Å²) in [7, 11) is -2.39. The van der Waals surface area contributed by atoms with E-state index in [1.54, 1.807) is 19.4 Å². The summed E-state index contributed by atoms with van der Waals surface area (Å²) in [6, 6.07) is 1.60. The van der Waals surface area contributed by atoms with Crippen LogP contribution < -0.4 is 5.57 Å². The predicted molar refractivity (Wildman–Crippen MR) is 47.0 cm³/mol. The average Bonchev–Trinajstić information content (AvgIpc) is 2.03. The summed E-state index contributed by atoms with van der Waals surface area (Å²) in [5.74, 6) is 0. The Morgan fingerprint density at radius 3 is 2.75 bits per heavy atom. The van der Waals surface area contributed by atoms with E-state index in [0.29, 0.717) is 11.3 Å². The van der Waals surface area contributed by atoms with Crippen LogP contribution in [0.4, 0.5) is 0 Å². The zero-order valence-corrected chi connectivity index (χ0v) is 7.95. The van der Waals surface area contributed by atoms with E-state index < -0.39 is 7.14 Å². The standard InChI is InChI=1S/C7H11N2O2P/c1-12(2,11)7-8-4-3-6(5-10)9-7/h3-4,10H,5H2,1-2H3. The molecule has 0 fully saturated rings. The van der Waals surface area contributed by atoms with E-state index in [1.807, 2.05) is 0 Å². The Balaban J connectivity index is 3.11. The normalized spacial score (nSPS) is 11.6. The second kappa shape index (κ2) is 3.33. The van der Waals surface area contributed by atoms with Crippen LogP contribution in [0.5, 0.6) is 0 Å². The lowest BCUT2D eigenvalue weighted by atomic mass is 10.4. The van der Waals surface area contributed by atoms with Gasteiger partial charge in [-0.2, -0.15) is 0 Å². The molecule has 1 heterocycles. The summed E-state index contributed by atoms with van der Waals surface area (Å²) >= 11 is 0. The van der Waals surface area contributed by atoms with Gasteiger partial charge in [-0.05, 0) is 19.4 Å². The molecule has 0 radical (unpaired) electrons. The molecule has 1 N–H and O–H groups in total. The summed E-state index contributed by atoms with van der Waals surface area (Å²) in [5, 5.41) is 8.75. The van der Waals surface area contributed by atoms with E-state index >= 15 is 0 Å². The molecule has 0 aromatic carbocycles. The van der Waals surface area contributed by atoms with Crippen molar-refractivity contribution in [2.24, 2.45) is 0 Å². The first kappa shape index (κ1) is 9.36. The summed E-state index contributed by atoms with van der Waals surface area (Å²) in [6.45, 7) is 3.06. The molecule has 1 aromatic rings. The van der Waals surface area contributed by atoms with Gasteiger partial charge in [0.15, 0.2) is 5.57 Å². The van der Waals surface area contributed by atoms with Crippen molar-refractivity contribution in [3.63, 3.8) is 0 Å². The van der Waals surface area contributed by atoms with Gasteiger partial charge in [-0.1, -0.05) is 0 Å². The number of aliphatic hydroxyl groups excluding tert-OH is 1. The Hall–Kier alpha value is -0.730. The first-order valence-electron chi connectivity index (χ1n) is 3.52. The van der Waals surface area contributed by atoms with E-state index in [0.717, 1.165) is 0 Å². The zero-order valence-electron chi connectivity index (χ0n) is 7.06. The molecule has 0 unspecified atom stereocenters. The highest BCUT2D eigenvalue weighted by Crippen LogP contribution is 2.32. The van der Waals surface area contributed by atoms with Gasteiger partial charge in [-0.25, -0.2) is 9.97 Å². The molecule has 0 atom stereocenters. The van der Waals surface area contributed by atoms with E-state index in [9.17, 15) is 4.57 Å². The molecule has 0 aliphatic rings. The summed E-state index contributed by atoms with van der Waals surface area (Å²) in [5.41, 5.74) is 0.831. The molecule has 0 spiro atoms. The van der Waals surface area contributed by atoms with Crippen LogP contribution in [0.2, 0.25) is 0 Å². The number of hydrogen-bond acceptors (Lipinski definition) is 4. The van der Waals surface area contributed by atoms with Crippen LogP contribution in [-0.2, 0) is 11.2 Å². The van der Waals surface area contributed by atoms with Crippen LogP contribution in [-0.4, -0.2) is 28.4 Å². The highest BCUT2D eigenvalue weighted by molar-refractivity contribution is 7.69. The molecule has 1 rings (SSSR count). The highest BCUT2D eigenvalue weighted by Gasteiger charge is 2.14. The number of nitrogens with zero attached hydrogens (tertiary/aromatic N) is 2. The highest BCUT2D eigenvalue weighted by atomic mass is 31.2. The quantitative estimate of drug-likeness (QED) is 0.671. The summed E-state index contributed by atoms with van der Waals surface area (Å²) in [4.78, 5) is 7.81. The van der Waals surface area contributed by atoms with Crippen molar-refractivity contribution in [2.75, 3.05) is 13.3 Å². The molecule has 0 saturated carbocycles. The van der Waals surface area contributed by atoms with Crippen LogP contribution >= 0.6 is 7.14 Å². The topological polar surface area (TPSA) is 63.1 Å². The number of hydrogen-bond donors (Lipinski definition) is 1. The van der Waals surface area contributed by atoms with Gasteiger partial charge in [0.2, 0.25) is 0 Å². The molecule has 4 nitrogen and oxygen atoms in total. The van der Waals surface area contributed by atoms with Crippen LogP contribution in [0.15, 0.2) is 12.3 Å². The van der Waals surface area contributed by atoms with Crippen molar-refractivity contribution in [3.8, 4) is 0 Å². The van der Waals surface area contributed by atoms with Crippen LogP contribution in [0.1, 0.15) is 5.69 Å². The van der Waals surface area contributed by atoms with Gasteiger partial charge in [0.25, 0.3) is 0 Å². The fraction of sp³-hybridized carbons (Fsp3) is 0.429. The van der Waals surface area contributed by atoms with Gasteiger partial charge in [0.1, 0.15) is 7.14 Å². The molecule has 5 heteroatoms. The van der Waals surface area contributed by atoms with Gasteiger partial charge in [0.05, 0.1) is 12.3 Å². The molecule has 0 amide bonds. The molecular weight excluding hydrogens is 175 g/mol. The molecule has 0 saturated heterocycles. The third-order valence-electron chi connectivity index (χ3n) is 1.34. The SMILES string of the molecule is CP(C)(=O)c1nccc(CO)n1. The van der Waals surface area contributed by atoms with Gasteiger partial charge in [0, 0.05) is 6.20 Å². The first-order chi connectivity index (χ1) is 5.54. The molecule has 0 aliphatic heterocycles. The van der Waals surface area contributed by atoms with E-state index in [-0.39, 0.29) is 6.61 Å². The Bertz CT molecular complexity index is 321. The van der Waals surface area contributed by atoms with E-state index in [2.05, 4.69) is 9.97 Å². The smallest absolute Gasteiger partial charge is 0.188 e. The monoisotopic (exact) mass is 186 g/mol. The van der Waals surface area contributed by atoms with Crippen molar-refractivity contribution < 1.29 is 9.67 Å². The van der Waals surface area contributed by atoms with Gasteiger partial charge >= 0.3 is 0 Å². The maximum atomic E-state index is 11.5. The number of rotatable bonds is 2. The third-order valence-corrected chi connectivity index (χ3v) is 2.52. The second-order valence-corrected chi connectivity index (χ2v) is 5.96. The number of aromatic nitrogens is 2. The Morgan fingerprint density at radius 2 is 2.25 bits per heavy atom. The fourth-order valence-electron chi connectivity index (χ4n) is 0.732. The number of aliphatic hydroxyl groups is 1. The van der Waals surface area contributed by atoms with Crippen molar-refractivity contribution >= 4 is 12.7 Å². The van der Waals surface area contributed by atoms with Crippen molar-refractivity contribution in [1.29, 1.82) is 0 Å². The molecule has 66 valence electrons. The maximum Gasteiger partial charge on any atom is 0.188 e. The second-order valence-electron chi connectivity index (χ2n) is 2.86. The van der Waals surface area contributed by atoms with Crippen LogP contribution in [0, 0.1) is 0 Å². The molecule has 1 aromatic heterocycles. The largest absolute Gasteiger partial charge is 0.390 e. The molecular formula is C7H11N2O2P. The van der Waals surface area contributed by atoms with Gasteiger partial charge in [-0.3, -0.25) is 0 Å². The zero-order chi connectivity index (χ0) is 9.19. The minimum atomic E-state index is -2.39. The maximum absolute atomic E-state index is 11.5. The summed E-state index contributed by atoms with van der Waals surface area (Å²) < 4.78 is 11.5.